The van der Waals surface area contributed by atoms with Crippen LogP contribution in [0, 0.1) is 0 Å². The molecule has 2 aromatic rings. The highest BCUT2D eigenvalue weighted by Crippen LogP contribution is 2.32. The van der Waals surface area contributed by atoms with E-state index in [0.717, 1.165) is 28.2 Å². The Hall–Kier alpha value is -0.990. The van der Waals surface area contributed by atoms with Crippen LogP contribution in [0.5, 0.6) is 0 Å². The minimum absolute atomic E-state index is 0.424. The zero-order valence-corrected chi connectivity index (χ0v) is 10.7. The fourth-order valence-electron chi connectivity index (χ4n) is 1.94. The third kappa shape index (κ3) is 1.95. The zero-order chi connectivity index (χ0) is 11.7. The smallest absolute Gasteiger partial charge is 0.0694 e. The van der Waals surface area contributed by atoms with Crippen LogP contribution in [0.25, 0.3) is 10.9 Å². The summed E-state index contributed by atoms with van der Waals surface area (Å²) in [6.07, 6.45) is 0. The van der Waals surface area contributed by atoms with Crippen LogP contribution in [0.3, 0.4) is 0 Å². The van der Waals surface area contributed by atoms with Gasteiger partial charge < -0.3 is 10.3 Å². The molecule has 0 aliphatic heterocycles. The van der Waals surface area contributed by atoms with E-state index < -0.39 is 0 Å². The highest BCUT2D eigenvalue weighted by Gasteiger charge is 2.12. The van der Waals surface area contributed by atoms with Crippen LogP contribution in [0.2, 0.25) is 5.02 Å². The molecular formula is C13H17ClN2. The van der Waals surface area contributed by atoms with Crippen molar-refractivity contribution in [1.82, 2.24) is 10.3 Å². The predicted molar refractivity (Wildman–Crippen MR) is 70.2 cm³/mol. The molecule has 0 bridgehead atoms. The molecule has 0 saturated heterocycles. The van der Waals surface area contributed by atoms with Crippen molar-refractivity contribution in [3.63, 3.8) is 0 Å². The van der Waals surface area contributed by atoms with Gasteiger partial charge in [0.15, 0.2) is 0 Å². The Morgan fingerprint density at radius 3 is 2.75 bits per heavy atom. The molecule has 86 valence electrons. The molecule has 1 heterocycles. The summed E-state index contributed by atoms with van der Waals surface area (Å²) in [5, 5.41) is 5.13. The van der Waals surface area contributed by atoms with Gasteiger partial charge >= 0.3 is 0 Å². The Morgan fingerprint density at radius 1 is 1.38 bits per heavy atom. The Balaban J connectivity index is 2.55. The van der Waals surface area contributed by atoms with E-state index in [4.69, 9.17) is 11.6 Å². The van der Waals surface area contributed by atoms with Gasteiger partial charge in [-0.25, -0.2) is 0 Å². The number of aromatic nitrogens is 1. The van der Waals surface area contributed by atoms with Crippen LogP contribution in [0.1, 0.15) is 31.0 Å². The van der Waals surface area contributed by atoms with Crippen LogP contribution < -0.4 is 5.32 Å². The number of H-pyrrole nitrogens is 1. The largest absolute Gasteiger partial charge is 0.357 e. The number of hydrogen-bond acceptors (Lipinski definition) is 1. The van der Waals surface area contributed by atoms with Gasteiger partial charge in [-0.3, -0.25) is 0 Å². The Kier molecular flexibility index (Phi) is 3.22. The van der Waals surface area contributed by atoms with Gasteiger partial charge in [0.1, 0.15) is 0 Å². The lowest BCUT2D eigenvalue weighted by atomic mass is 10.1. The number of benzene rings is 1. The molecule has 2 N–H and O–H groups in total. The lowest BCUT2D eigenvalue weighted by molar-refractivity contribution is 0.819. The van der Waals surface area contributed by atoms with Crippen molar-refractivity contribution < 1.29 is 0 Å². The van der Waals surface area contributed by atoms with Gasteiger partial charge in [-0.15, -0.1) is 0 Å². The average molecular weight is 237 g/mol. The number of aromatic amines is 1. The summed E-state index contributed by atoms with van der Waals surface area (Å²) in [4.78, 5) is 3.38. The van der Waals surface area contributed by atoms with Crippen molar-refractivity contribution in [3.8, 4) is 0 Å². The van der Waals surface area contributed by atoms with Gasteiger partial charge in [0.25, 0.3) is 0 Å². The maximum absolute atomic E-state index is 6.37. The normalized spacial score (nSPS) is 11.6. The number of hydrogen-bond donors (Lipinski definition) is 2. The summed E-state index contributed by atoms with van der Waals surface area (Å²) in [6.45, 7) is 5.16. The maximum Gasteiger partial charge on any atom is 0.0694 e. The second kappa shape index (κ2) is 4.48. The summed E-state index contributed by atoms with van der Waals surface area (Å²) in [7, 11) is 1.95. The molecule has 0 radical (unpaired) electrons. The summed E-state index contributed by atoms with van der Waals surface area (Å²) in [6, 6.07) is 6.37. The number of rotatable bonds is 3. The molecule has 0 unspecified atom stereocenters. The molecule has 0 spiro atoms. The molecule has 0 aliphatic rings. The SMILES string of the molecule is CNCc1ccc2[nH]c(C(C)C)c(Cl)c2c1. The Labute approximate surface area is 101 Å². The molecule has 0 atom stereocenters. The molecule has 0 saturated carbocycles. The van der Waals surface area contributed by atoms with Crippen molar-refractivity contribution in [2.75, 3.05) is 7.05 Å². The second-order valence-electron chi connectivity index (χ2n) is 4.42. The average Bonchev–Trinajstić information content (AvgIpc) is 2.57. The number of halogens is 1. The van der Waals surface area contributed by atoms with Crippen LogP contribution >= 0.6 is 11.6 Å². The van der Waals surface area contributed by atoms with E-state index in [1.165, 1.54) is 5.56 Å². The van der Waals surface area contributed by atoms with Gasteiger partial charge in [0.2, 0.25) is 0 Å². The first-order chi connectivity index (χ1) is 7.63. The quantitative estimate of drug-likeness (QED) is 0.836. The van der Waals surface area contributed by atoms with Gasteiger partial charge in [-0.05, 0) is 30.7 Å². The highest BCUT2D eigenvalue weighted by molar-refractivity contribution is 6.36. The standard InChI is InChI=1S/C13H17ClN2/c1-8(2)13-12(14)10-6-9(7-15-3)4-5-11(10)16-13/h4-6,8,15-16H,7H2,1-3H3. The lowest BCUT2D eigenvalue weighted by Crippen LogP contribution is -2.04. The molecular weight excluding hydrogens is 220 g/mol. The third-order valence-electron chi connectivity index (χ3n) is 2.78. The summed E-state index contributed by atoms with van der Waals surface area (Å²) in [5.41, 5.74) is 3.50. The van der Waals surface area contributed by atoms with E-state index in [1.807, 2.05) is 7.05 Å². The Bertz CT molecular complexity index is 500. The Morgan fingerprint density at radius 2 is 2.12 bits per heavy atom. The summed E-state index contributed by atoms with van der Waals surface area (Å²) >= 11 is 6.37. The first kappa shape index (κ1) is 11.5. The molecule has 1 aromatic heterocycles. The van der Waals surface area contributed by atoms with Crippen LogP contribution in [-0.2, 0) is 6.54 Å². The highest BCUT2D eigenvalue weighted by atomic mass is 35.5. The van der Waals surface area contributed by atoms with Crippen molar-refractivity contribution >= 4 is 22.5 Å². The summed E-state index contributed by atoms with van der Waals surface area (Å²) in [5.74, 6) is 0.424. The minimum Gasteiger partial charge on any atom is -0.357 e. The molecule has 0 fully saturated rings. The molecule has 0 amide bonds. The maximum atomic E-state index is 6.37. The molecule has 2 nitrogen and oxygen atoms in total. The number of fused-ring (bicyclic) bond motifs is 1. The zero-order valence-electron chi connectivity index (χ0n) is 9.89. The first-order valence-corrected chi connectivity index (χ1v) is 5.96. The van der Waals surface area contributed by atoms with E-state index >= 15 is 0 Å². The van der Waals surface area contributed by atoms with Crippen molar-refractivity contribution in [1.29, 1.82) is 0 Å². The van der Waals surface area contributed by atoms with E-state index in [-0.39, 0.29) is 0 Å². The monoisotopic (exact) mass is 236 g/mol. The van der Waals surface area contributed by atoms with Crippen molar-refractivity contribution in [2.45, 2.75) is 26.3 Å². The van der Waals surface area contributed by atoms with Crippen LogP contribution in [-0.4, -0.2) is 12.0 Å². The predicted octanol–water partition coefficient (Wildman–Crippen LogP) is 3.66. The van der Waals surface area contributed by atoms with E-state index in [9.17, 15) is 0 Å². The fourth-order valence-corrected chi connectivity index (χ4v) is 2.36. The second-order valence-corrected chi connectivity index (χ2v) is 4.80. The van der Waals surface area contributed by atoms with Gasteiger partial charge in [-0.2, -0.15) is 0 Å². The fraction of sp³-hybridized carbons (Fsp3) is 0.385. The van der Waals surface area contributed by atoms with E-state index in [1.54, 1.807) is 0 Å². The minimum atomic E-state index is 0.424. The van der Waals surface area contributed by atoms with E-state index in [0.29, 0.717) is 5.92 Å². The lowest BCUT2D eigenvalue weighted by Gasteiger charge is -2.01. The topological polar surface area (TPSA) is 27.8 Å². The number of nitrogens with one attached hydrogen (secondary N) is 2. The molecule has 2 rings (SSSR count). The molecule has 16 heavy (non-hydrogen) atoms. The van der Waals surface area contributed by atoms with Gasteiger partial charge in [0, 0.05) is 23.1 Å². The van der Waals surface area contributed by atoms with Crippen LogP contribution in [0.4, 0.5) is 0 Å². The van der Waals surface area contributed by atoms with Crippen molar-refractivity contribution in [3.05, 3.63) is 34.5 Å². The molecule has 3 heteroatoms. The third-order valence-corrected chi connectivity index (χ3v) is 3.19. The van der Waals surface area contributed by atoms with Gasteiger partial charge in [0.05, 0.1) is 5.02 Å². The van der Waals surface area contributed by atoms with E-state index in [2.05, 4.69) is 42.3 Å². The van der Waals surface area contributed by atoms with Gasteiger partial charge in [-0.1, -0.05) is 31.5 Å². The first-order valence-electron chi connectivity index (χ1n) is 5.58. The van der Waals surface area contributed by atoms with Crippen LogP contribution in [0.15, 0.2) is 18.2 Å². The molecule has 0 aliphatic carbocycles. The van der Waals surface area contributed by atoms with Crippen molar-refractivity contribution in [2.24, 2.45) is 0 Å². The molecule has 1 aromatic carbocycles. The summed E-state index contributed by atoms with van der Waals surface area (Å²) < 4.78 is 0.